The molecule has 0 saturated carbocycles. The van der Waals surface area contributed by atoms with Gasteiger partial charge in [0, 0.05) is 18.0 Å². The van der Waals surface area contributed by atoms with E-state index in [1.165, 1.54) is 10.4 Å². The molecule has 1 aliphatic rings. The minimum absolute atomic E-state index is 0. The van der Waals surface area contributed by atoms with Crippen LogP contribution in [0.4, 0.5) is 5.69 Å². The van der Waals surface area contributed by atoms with Crippen molar-refractivity contribution in [3.8, 4) is 5.75 Å². The van der Waals surface area contributed by atoms with Crippen molar-refractivity contribution in [1.29, 1.82) is 0 Å². The summed E-state index contributed by atoms with van der Waals surface area (Å²) >= 11 is 1.78. The van der Waals surface area contributed by atoms with E-state index in [-0.39, 0.29) is 49.5 Å². The Balaban J connectivity index is 0.00000243. The molecule has 0 aliphatic carbocycles. The molecule has 28 heavy (non-hydrogen) atoms. The van der Waals surface area contributed by atoms with Gasteiger partial charge in [0.15, 0.2) is 6.10 Å². The van der Waals surface area contributed by atoms with Gasteiger partial charge in [0.25, 0.3) is 0 Å². The number of ether oxygens (including phenoxy) is 1. The third-order valence-corrected chi connectivity index (χ3v) is 5.10. The van der Waals surface area contributed by atoms with E-state index < -0.39 is 0 Å². The van der Waals surface area contributed by atoms with Gasteiger partial charge in [-0.25, -0.2) is 4.99 Å². The molecule has 0 spiro atoms. The number of nitrogens with one attached hydrogen (secondary N) is 2. The van der Waals surface area contributed by atoms with Crippen molar-refractivity contribution in [1.82, 2.24) is 10.6 Å². The summed E-state index contributed by atoms with van der Waals surface area (Å²) in [6, 6.07) is 10.4. The van der Waals surface area contributed by atoms with E-state index in [0.29, 0.717) is 5.84 Å². The molecule has 0 radical (unpaired) electrons. The van der Waals surface area contributed by atoms with Crippen LogP contribution in [0.25, 0.3) is 0 Å². The Morgan fingerprint density at radius 1 is 1.18 bits per heavy atom. The zero-order valence-corrected chi connectivity index (χ0v) is 19.3. The number of hydrogen-bond donors (Lipinski definition) is 3. The monoisotopic (exact) mass is 466 g/mol. The molecule has 158 valence electrons. The predicted octanol–water partition coefficient (Wildman–Crippen LogP) is 4.79. The first kappa shape index (κ1) is 27.0. The molecule has 1 aromatic heterocycles. The number of halogens is 3. The van der Waals surface area contributed by atoms with Crippen LogP contribution >= 0.6 is 48.6 Å². The van der Waals surface area contributed by atoms with Crippen LogP contribution in [0.2, 0.25) is 0 Å². The summed E-state index contributed by atoms with van der Waals surface area (Å²) in [5, 5.41) is 9.31. The maximum atomic E-state index is 5.89. The van der Waals surface area contributed by atoms with Crippen LogP contribution in [0.15, 0.2) is 40.7 Å². The van der Waals surface area contributed by atoms with Gasteiger partial charge >= 0.3 is 0 Å². The number of nitrogens with two attached hydrogens (primary N) is 1. The average molecular weight is 468 g/mol. The maximum absolute atomic E-state index is 5.89. The van der Waals surface area contributed by atoms with Crippen molar-refractivity contribution >= 4 is 60.1 Å². The van der Waals surface area contributed by atoms with Crippen LogP contribution in [-0.4, -0.2) is 18.1 Å². The second-order valence-electron chi connectivity index (χ2n) is 6.28. The van der Waals surface area contributed by atoms with Crippen molar-refractivity contribution < 1.29 is 4.74 Å². The Hall–Kier alpha value is -1.02. The van der Waals surface area contributed by atoms with Crippen LogP contribution in [0.3, 0.4) is 0 Å². The fourth-order valence-corrected chi connectivity index (χ4v) is 3.44. The molecule has 9 heteroatoms. The molecule has 1 aliphatic heterocycles. The van der Waals surface area contributed by atoms with Crippen LogP contribution in [0, 0.1) is 0 Å². The van der Waals surface area contributed by atoms with Crippen molar-refractivity contribution in [3.63, 3.8) is 0 Å². The fourth-order valence-electron chi connectivity index (χ4n) is 2.78. The van der Waals surface area contributed by atoms with Gasteiger partial charge in [0.2, 0.25) is 0 Å². The zero-order chi connectivity index (χ0) is 17.6. The number of amidine groups is 1. The summed E-state index contributed by atoms with van der Waals surface area (Å²) in [6.45, 7) is 5.79. The fraction of sp³-hybridized carbons (Fsp3) is 0.421. The van der Waals surface area contributed by atoms with Crippen molar-refractivity contribution in [2.24, 2.45) is 10.7 Å². The Morgan fingerprint density at radius 2 is 1.93 bits per heavy atom. The molecule has 3 rings (SSSR count). The van der Waals surface area contributed by atoms with E-state index in [4.69, 9.17) is 10.5 Å². The zero-order valence-electron chi connectivity index (χ0n) is 16.0. The molecular weight excluding hydrogens is 439 g/mol. The molecule has 0 fully saturated rings. The Morgan fingerprint density at radius 3 is 2.61 bits per heavy atom. The molecule has 0 saturated heterocycles. The van der Waals surface area contributed by atoms with E-state index in [9.17, 15) is 0 Å². The first-order valence-electron chi connectivity index (χ1n) is 8.78. The lowest BCUT2D eigenvalue weighted by Gasteiger charge is -2.22. The van der Waals surface area contributed by atoms with Crippen LogP contribution in [0.5, 0.6) is 5.75 Å². The summed E-state index contributed by atoms with van der Waals surface area (Å²) in [4.78, 5) is 5.80. The quantitative estimate of drug-likeness (QED) is 0.488. The number of benzene rings is 1. The second kappa shape index (κ2) is 13.2. The number of nitrogens with zero attached hydrogens (tertiary/aromatic N) is 1. The Bertz CT molecular complexity index is 728. The van der Waals surface area contributed by atoms with E-state index in [0.717, 1.165) is 37.4 Å². The number of fused-ring (bicyclic) bond motifs is 1. The lowest BCUT2D eigenvalue weighted by molar-refractivity contribution is 0.281. The van der Waals surface area contributed by atoms with Gasteiger partial charge in [-0.2, -0.15) is 0 Å². The predicted molar refractivity (Wildman–Crippen MR) is 126 cm³/mol. The number of rotatable bonds is 8. The second-order valence-corrected chi connectivity index (χ2v) is 7.31. The highest BCUT2D eigenvalue weighted by molar-refractivity contribution is 7.09. The average Bonchev–Trinajstić information content (AvgIpc) is 3.12. The van der Waals surface area contributed by atoms with Crippen LogP contribution in [0.1, 0.15) is 37.1 Å². The van der Waals surface area contributed by atoms with Gasteiger partial charge < -0.3 is 10.5 Å². The number of aliphatic imine (C=N–C) groups is 1. The highest BCUT2D eigenvalue weighted by atomic mass is 35.5. The maximum Gasteiger partial charge on any atom is 0.153 e. The summed E-state index contributed by atoms with van der Waals surface area (Å²) < 4.78 is 5.76. The molecule has 2 unspecified atom stereocenters. The summed E-state index contributed by atoms with van der Waals surface area (Å²) in [6.07, 6.45) is 2.34. The minimum atomic E-state index is -0.160. The van der Waals surface area contributed by atoms with Gasteiger partial charge in [-0.15, -0.1) is 48.6 Å². The summed E-state index contributed by atoms with van der Waals surface area (Å²) in [7, 11) is 0. The molecule has 5 nitrogen and oxygen atoms in total. The van der Waals surface area contributed by atoms with Crippen molar-refractivity contribution in [3.05, 3.63) is 46.2 Å². The standard InChI is InChI=1S/C19H26N4OS.3ClH/c1-3-5-18(22-12-15-6-4-9-25-15)21-11-14-7-8-17-16(10-14)23-19(20)13(2)24-17;;;/h4,6-10,13,18,21-22H,3,5,11-12H2,1-2H3,(H2,20,23);3*1H. The van der Waals surface area contributed by atoms with Gasteiger partial charge in [-0.3, -0.25) is 10.6 Å². The van der Waals surface area contributed by atoms with E-state index >= 15 is 0 Å². The molecule has 2 aromatic rings. The Labute approximate surface area is 189 Å². The van der Waals surface area contributed by atoms with Gasteiger partial charge in [0.05, 0.1) is 6.17 Å². The third-order valence-electron chi connectivity index (χ3n) is 4.23. The SMILES string of the molecule is CCCC(NCc1ccc2c(c1)N=C(N)C(C)O2)NCc1cccs1.Cl.Cl.Cl. The van der Waals surface area contributed by atoms with Crippen LogP contribution < -0.4 is 21.1 Å². The molecule has 1 aromatic carbocycles. The van der Waals surface area contributed by atoms with Gasteiger partial charge in [-0.1, -0.05) is 25.5 Å². The van der Waals surface area contributed by atoms with E-state index in [1.807, 2.05) is 19.1 Å². The molecule has 0 amide bonds. The normalized spacial score (nSPS) is 15.6. The van der Waals surface area contributed by atoms with E-state index in [2.05, 4.69) is 46.1 Å². The first-order chi connectivity index (χ1) is 12.2. The minimum Gasteiger partial charge on any atom is -0.481 e. The molecule has 4 N–H and O–H groups in total. The lowest BCUT2D eigenvalue weighted by Crippen LogP contribution is -2.41. The lowest BCUT2D eigenvalue weighted by atomic mass is 10.1. The van der Waals surface area contributed by atoms with E-state index in [1.54, 1.807) is 11.3 Å². The third kappa shape index (κ3) is 7.43. The highest BCUT2D eigenvalue weighted by Crippen LogP contribution is 2.32. The van der Waals surface area contributed by atoms with Crippen molar-refractivity contribution in [2.75, 3.05) is 0 Å². The van der Waals surface area contributed by atoms with Gasteiger partial charge in [-0.05, 0) is 42.5 Å². The summed E-state index contributed by atoms with van der Waals surface area (Å²) in [5.41, 5.74) is 7.88. The molecule has 2 atom stereocenters. The summed E-state index contributed by atoms with van der Waals surface area (Å²) in [5.74, 6) is 1.32. The molecule has 0 bridgehead atoms. The molecular formula is C19H29Cl3N4OS. The smallest absolute Gasteiger partial charge is 0.153 e. The van der Waals surface area contributed by atoms with Gasteiger partial charge in [0.1, 0.15) is 17.3 Å². The topological polar surface area (TPSA) is 71.7 Å². The molecule has 2 heterocycles. The largest absolute Gasteiger partial charge is 0.481 e. The first-order valence-corrected chi connectivity index (χ1v) is 9.66. The Kier molecular flexibility index (Phi) is 12.8. The van der Waals surface area contributed by atoms with Crippen LogP contribution in [-0.2, 0) is 13.1 Å². The van der Waals surface area contributed by atoms with Crippen molar-refractivity contribution in [2.45, 2.75) is 52.0 Å². The number of hydrogen-bond acceptors (Lipinski definition) is 6. The highest BCUT2D eigenvalue weighted by Gasteiger charge is 2.18. The number of thiophene rings is 1.